The van der Waals surface area contributed by atoms with E-state index in [4.69, 9.17) is 14.2 Å². The van der Waals surface area contributed by atoms with Gasteiger partial charge in [0.2, 0.25) is 6.79 Å². The normalized spacial score (nSPS) is 14.1. The second kappa shape index (κ2) is 5.58. The van der Waals surface area contributed by atoms with Gasteiger partial charge in [0.1, 0.15) is 6.10 Å². The van der Waals surface area contributed by atoms with E-state index in [2.05, 4.69) is 6.58 Å². The molecule has 0 aliphatic carbocycles. The Morgan fingerprint density at radius 2 is 2.28 bits per heavy atom. The first-order chi connectivity index (χ1) is 8.74. The van der Waals surface area contributed by atoms with Crippen molar-refractivity contribution in [2.45, 2.75) is 25.9 Å². The fraction of sp³-hybridized carbons (Fsp3) is 0.357. The Balaban J connectivity index is 2.19. The number of carbonyl (C=O) groups excluding carboxylic acids is 1. The third-order valence-electron chi connectivity index (χ3n) is 2.71. The Hall–Kier alpha value is -1.97. The number of fused-ring (bicyclic) bond motifs is 1. The SMILES string of the molecule is C=CC[C@@H](OC(=O)CC)c1ccc2c(c1)OCO2. The van der Waals surface area contributed by atoms with Crippen LogP contribution < -0.4 is 9.47 Å². The molecule has 1 heterocycles. The van der Waals surface area contributed by atoms with Crippen LogP contribution in [0.15, 0.2) is 30.9 Å². The molecule has 1 aromatic rings. The molecule has 0 fully saturated rings. The molecule has 1 aromatic carbocycles. The minimum atomic E-state index is -0.315. The highest BCUT2D eigenvalue weighted by Crippen LogP contribution is 2.35. The van der Waals surface area contributed by atoms with Gasteiger partial charge in [-0.05, 0) is 17.7 Å². The summed E-state index contributed by atoms with van der Waals surface area (Å²) in [6, 6.07) is 5.55. The highest BCUT2D eigenvalue weighted by atomic mass is 16.7. The van der Waals surface area contributed by atoms with Crippen molar-refractivity contribution in [1.29, 1.82) is 0 Å². The molecule has 96 valence electrons. The van der Waals surface area contributed by atoms with Gasteiger partial charge in [-0.25, -0.2) is 0 Å². The molecule has 0 radical (unpaired) electrons. The van der Waals surface area contributed by atoms with E-state index in [9.17, 15) is 4.79 Å². The molecule has 2 rings (SSSR count). The van der Waals surface area contributed by atoms with Crippen LogP contribution in [0.3, 0.4) is 0 Å². The van der Waals surface area contributed by atoms with Gasteiger partial charge in [0.05, 0.1) is 0 Å². The lowest BCUT2D eigenvalue weighted by Gasteiger charge is -2.16. The molecule has 0 saturated heterocycles. The summed E-state index contributed by atoms with van der Waals surface area (Å²) in [7, 11) is 0. The molecule has 0 spiro atoms. The van der Waals surface area contributed by atoms with Gasteiger partial charge >= 0.3 is 5.97 Å². The van der Waals surface area contributed by atoms with Gasteiger partial charge in [-0.2, -0.15) is 0 Å². The van der Waals surface area contributed by atoms with Crippen molar-refractivity contribution >= 4 is 5.97 Å². The number of benzene rings is 1. The lowest BCUT2D eigenvalue weighted by Crippen LogP contribution is -2.09. The molecule has 0 N–H and O–H groups in total. The van der Waals surface area contributed by atoms with Crippen LogP contribution in [-0.2, 0) is 9.53 Å². The molecular weight excluding hydrogens is 232 g/mol. The minimum Gasteiger partial charge on any atom is -0.457 e. The molecule has 0 bridgehead atoms. The van der Waals surface area contributed by atoms with Crippen molar-refractivity contribution in [2.75, 3.05) is 6.79 Å². The number of carbonyl (C=O) groups is 1. The van der Waals surface area contributed by atoms with Gasteiger partial charge in [0, 0.05) is 12.8 Å². The van der Waals surface area contributed by atoms with Gasteiger partial charge < -0.3 is 14.2 Å². The summed E-state index contributed by atoms with van der Waals surface area (Å²) in [5.74, 6) is 1.19. The lowest BCUT2D eigenvalue weighted by molar-refractivity contribution is -0.148. The Bertz CT molecular complexity index is 453. The number of ether oxygens (including phenoxy) is 3. The summed E-state index contributed by atoms with van der Waals surface area (Å²) < 4.78 is 15.9. The molecule has 4 nitrogen and oxygen atoms in total. The van der Waals surface area contributed by atoms with Crippen LogP contribution in [0.2, 0.25) is 0 Å². The molecule has 4 heteroatoms. The third-order valence-corrected chi connectivity index (χ3v) is 2.71. The average molecular weight is 248 g/mol. The molecule has 0 saturated carbocycles. The standard InChI is InChI=1S/C14H16O4/c1-3-5-11(18-14(15)4-2)10-6-7-12-13(8-10)17-9-16-12/h3,6-8,11H,1,4-5,9H2,2H3/t11-/m1/s1. The van der Waals surface area contributed by atoms with Gasteiger partial charge in [0.25, 0.3) is 0 Å². The zero-order valence-corrected chi connectivity index (χ0v) is 10.3. The summed E-state index contributed by atoms with van der Waals surface area (Å²) in [4.78, 5) is 11.4. The minimum absolute atomic E-state index is 0.223. The van der Waals surface area contributed by atoms with Crippen molar-refractivity contribution in [1.82, 2.24) is 0 Å². The van der Waals surface area contributed by atoms with E-state index in [0.717, 1.165) is 11.3 Å². The summed E-state index contributed by atoms with van der Waals surface area (Å²) in [5, 5.41) is 0. The second-order valence-electron chi connectivity index (χ2n) is 3.97. The average Bonchev–Trinajstić information content (AvgIpc) is 2.85. The number of hydrogen-bond acceptors (Lipinski definition) is 4. The zero-order valence-electron chi connectivity index (χ0n) is 10.3. The van der Waals surface area contributed by atoms with Crippen molar-refractivity contribution in [2.24, 2.45) is 0 Å². The van der Waals surface area contributed by atoms with Crippen LogP contribution >= 0.6 is 0 Å². The van der Waals surface area contributed by atoms with Crippen molar-refractivity contribution in [3.63, 3.8) is 0 Å². The Labute approximate surface area is 106 Å². The first-order valence-corrected chi connectivity index (χ1v) is 5.94. The maximum Gasteiger partial charge on any atom is 0.306 e. The van der Waals surface area contributed by atoms with E-state index in [0.29, 0.717) is 18.6 Å². The number of esters is 1. The van der Waals surface area contributed by atoms with Crippen molar-refractivity contribution in [3.8, 4) is 11.5 Å². The molecule has 0 unspecified atom stereocenters. The van der Waals surface area contributed by atoms with E-state index in [1.165, 1.54) is 0 Å². The van der Waals surface area contributed by atoms with Crippen LogP contribution in [0.25, 0.3) is 0 Å². The molecule has 18 heavy (non-hydrogen) atoms. The highest BCUT2D eigenvalue weighted by Gasteiger charge is 2.19. The van der Waals surface area contributed by atoms with Gasteiger partial charge in [-0.3, -0.25) is 4.79 Å². The molecular formula is C14H16O4. The summed E-state index contributed by atoms with van der Waals surface area (Å²) >= 11 is 0. The molecule has 0 aromatic heterocycles. The molecule has 1 aliphatic rings. The van der Waals surface area contributed by atoms with Crippen LogP contribution in [0.5, 0.6) is 11.5 Å². The lowest BCUT2D eigenvalue weighted by atomic mass is 10.1. The quantitative estimate of drug-likeness (QED) is 0.593. The number of hydrogen-bond donors (Lipinski definition) is 0. The van der Waals surface area contributed by atoms with E-state index >= 15 is 0 Å². The third kappa shape index (κ3) is 2.64. The van der Waals surface area contributed by atoms with Gasteiger partial charge in [0.15, 0.2) is 11.5 Å². The van der Waals surface area contributed by atoms with E-state index < -0.39 is 0 Å². The maximum absolute atomic E-state index is 11.4. The van der Waals surface area contributed by atoms with Crippen molar-refractivity contribution < 1.29 is 19.0 Å². The first kappa shape index (κ1) is 12.5. The largest absolute Gasteiger partial charge is 0.457 e. The van der Waals surface area contributed by atoms with Crippen LogP contribution in [-0.4, -0.2) is 12.8 Å². The Kier molecular flexibility index (Phi) is 3.87. The highest BCUT2D eigenvalue weighted by molar-refractivity contribution is 5.69. The number of rotatable bonds is 5. The van der Waals surface area contributed by atoms with E-state index in [1.54, 1.807) is 13.0 Å². The zero-order chi connectivity index (χ0) is 13.0. The van der Waals surface area contributed by atoms with E-state index in [-0.39, 0.29) is 18.9 Å². The van der Waals surface area contributed by atoms with Gasteiger partial charge in [-0.1, -0.05) is 19.1 Å². The van der Waals surface area contributed by atoms with Crippen LogP contribution in [0.4, 0.5) is 0 Å². The maximum atomic E-state index is 11.4. The second-order valence-corrected chi connectivity index (χ2v) is 3.97. The van der Waals surface area contributed by atoms with Gasteiger partial charge in [-0.15, -0.1) is 6.58 Å². The smallest absolute Gasteiger partial charge is 0.306 e. The van der Waals surface area contributed by atoms with Crippen LogP contribution in [0.1, 0.15) is 31.4 Å². The Morgan fingerprint density at radius 1 is 1.50 bits per heavy atom. The summed E-state index contributed by atoms with van der Waals surface area (Å²) in [5.41, 5.74) is 0.890. The summed E-state index contributed by atoms with van der Waals surface area (Å²) in [6.45, 7) is 5.69. The topological polar surface area (TPSA) is 44.8 Å². The van der Waals surface area contributed by atoms with E-state index in [1.807, 2.05) is 18.2 Å². The fourth-order valence-corrected chi connectivity index (χ4v) is 1.76. The fourth-order valence-electron chi connectivity index (χ4n) is 1.76. The molecule has 0 amide bonds. The summed E-state index contributed by atoms with van der Waals surface area (Å²) in [6.07, 6.45) is 2.35. The monoisotopic (exact) mass is 248 g/mol. The predicted octanol–water partition coefficient (Wildman–Crippen LogP) is 2.99. The molecule has 1 aliphatic heterocycles. The first-order valence-electron chi connectivity index (χ1n) is 5.94. The van der Waals surface area contributed by atoms with Crippen LogP contribution in [0, 0.1) is 0 Å². The van der Waals surface area contributed by atoms with Crippen molar-refractivity contribution in [3.05, 3.63) is 36.4 Å². The Morgan fingerprint density at radius 3 is 3.00 bits per heavy atom. The predicted molar refractivity (Wildman–Crippen MR) is 66.5 cm³/mol. The molecule has 1 atom stereocenters.